The third-order valence-corrected chi connectivity index (χ3v) is 3.53. The number of aromatic amines is 1. The van der Waals surface area contributed by atoms with Crippen LogP contribution in [0.15, 0.2) is 57.8 Å². The molecular weight excluding hydrogens is 324 g/mol. The van der Waals surface area contributed by atoms with Gasteiger partial charge in [-0.25, -0.2) is 5.10 Å². The van der Waals surface area contributed by atoms with Crippen LogP contribution in [0.2, 0.25) is 0 Å². The Labute approximate surface area is 144 Å². The number of aromatic nitrogens is 3. The minimum Gasteiger partial charge on any atom is -0.497 e. The van der Waals surface area contributed by atoms with Crippen molar-refractivity contribution in [1.29, 1.82) is 0 Å². The summed E-state index contributed by atoms with van der Waals surface area (Å²) in [7, 11) is 1.62. The molecule has 2 heterocycles. The van der Waals surface area contributed by atoms with Gasteiger partial charge in [0.2, 0.25) is 4.77 Å². The van der Waals surface area contributed by atoms with Gasteiger partial charge in [-0.1, -0.05) is 12.1 Å². The summed E-state index contributed by atoms with van der Waals surface area (Å²) >= 11 is 5.26. The Morgan fingerprint density at radius 2 is 2.25 bits per heavy atom. The van der Waals surface area contributed by atoms with Crippen molar-refractivity contribution in [2.75, 3.05) is 7.11 Å². The molecule has 0 atom stereocenters. The van der Waals surface area contributed by atoms with Crippen LogP contribution in [0.5, 0.6) is 5.75 Å². The number of H-pyrrole nitrogens is 1. The lowest BCUT2D eigenvalue weighted by atomic mass is 10.2. The molecule has 0 amide bonds. The van der Waals surface area contributed by atoms with Crippen molar-refractivity contribution in [3.05, 3.63) is 58.8 Å². The first kappa shape index (κ1) is 15.9. The lowest BCUT2D eigenvalue weighted by molar-refractivity contribution is 0.415. The third-order valence-electron chi connectivity index (χ3n) is 3.27. The summed E-state index contributed by atoms with van der Waals surface area (Å²) in [6.07, 6.45) is 5.22. The Balaban J connectivity index is 1.93. The Morgan fingerprint density at radius 1 is 1.38 bits per heavy atom. The van der Waals surface area contributed by atoms with Gasteiger partial charge in [-0.2, -0.15) is 14.9 Å². The molecule has 3 aromatic rings. The number of benzene rings is 1. The molecule has 1 aromatic carbocycles. The van der Waals surface area contributed by atoms with Crippen molar-refractivity contribution < 1.29 is 9.15 Å². The van der Waals surface area contributed by atoms with Gasteiger partial charge in [-0.05, 0) is 55.1 Å². The van der Waals surface area contributed by atoms with E-state index in [0.29, 0.717) is 10.6 Å². The summed E-state index contributed by atoms with van der Waals surface area (Å²) in [6.45, 7) is 1.93. The van der Waals surface area contributed by atoms with E-state index in [1.807, 2.05) is 49.4 Å². The fraction of sp³-hybridized carbons (Fsp3) is 0.118. The van der Waals surface area contributed by atoms with E-state index in [1.165, 1.54) is 0 Å². The van der Waals surface area contributed by atoms with Crippen molar-refractivity contribution in [2.45, 2.75) is 6.92 Å². The van der Waals surface area contributed by atoms with Crippen molar-refractivity contribution in [3.63, 3.8) is 0 Å². The lowest BCUT2D eigenvalue weighted by Gasteiger charge is -2.03. The van der Waals surface area contributed by atoms with Crippen LogP contribution in [0.25, 0.3) is 17.5 Å². The fourth-order valence-corrected chi connectivity index (χ4v) is 2.31. The summed E-state index contributed by atoms with van der Waals surface area (Å²) in [4.78, 5) is 0. The molecule has 7 heteroatoms. The van der Waals surface area contributed by atoms with Gasteiger partial charge in [-0.3, -0.25) is 0 Å². The Kier molecular flexibility index (Phi) is 4.72. The molecule has 1 N–H and O–H groups in total. The molecule has 0 spiro atoms. The molecule has 0 aliphatic carbocycles. The molecule has 0 fully saturated rings. The largest absolute Gasteiger partial charge is 0.497 e. The summed E-state index contributed by atoms with van der Waals surface area (Å²) < 4.78 is 12.5. The van der Waals surface area contributed by atoms with Crippen LogP contribution in [0.4, 0.5) is 0 Å². The number of nitrogens with zero attached hydrogens (tertiary/aromatic N) is 3. The van der Waals surface area contributed by atoms with Crippen molar-refractivity contribution in [3.8, 4) is 17.1 Å². The smallest absolute Gasteiger partial charge is 0.216 e. The average Bonchev–Trinajstić information content (AvgIpc) is 3.23. The first-order valence-corrected chi connectivity index (χ1v) is 7.66. The molecule has 3 rings (SSSR count). The van der Waals surface area contributed by atoms with Crippen LogP contribution in [0.1, 0.15) is 12.7 Å². The van der Waals surface area contributed by atoms with Crippen molar-refractivity contribution in [1.82, 2.24) is 14.9 Å². The van der Waals surface area contributed by atoms with Crippen LogP contribution in [-0.2, 0) is 0 Å². The van der Waals surface area contributed by atoms with Gasteiger partial charge in [0.1, 0.15) is 11.5 Å². The summed E-state index contributed by atoms with van der Waals surface area (Å²) in [5, 5.41) is 11.4. The Bertz CT molecular complexity index is 936. The molecular formula is C17H16N4O2S. The van der Waals surface area contributed by atoms with E-state index in [4.69, 9.17) is 21.4 Å². The zero-order valence-electron chi connectivity index (χ0n) is 13.3. The number of nitrogens with one attached hydrogen (secondary N) is 1. The van der Waals surface area contributed by atoms with E-state index in [1.54, 1.807) is 24.3 Å². The van der Waals surface area contributed by atoms with Crippen molar-refractivity contribution >= 4 is 24.5 Å². The molecule has 122 valence electrons. The predicted molar refractivity (Wildman–Crippen MR) is 95.6 cm³/mol. The average molecular weight is 340 g/mol. The number of rotatable bonds is 5. The molecule has 0 radical (unpaired) electrons. The number of allylic oxidation sites excluding steroid dienone is 1. The van der Waals surface area contributed by atoms with Crippen LogP contribution in [0, 0.1) is 4.77 Å². The van der Waals surface area contributed by atoms with Crippen LogP contribution < -0.4 is 4.74 Å². The fourth-order valence-electron chi connectivity index (χ4n) is 2.13. The maximum absolute atomic E-state index is 5.29. The minimum atomic E-state index is 0.412. The van der Waals surface area contributed by atoms with Crippen LogP contribution in [-0.4, -0.2) is 28.2 Å². The Morgan fingerprint density at radius 3 is 3.00 bits per heavy atom. The van der Waals surface area contributed by atoms with Gasteiger partial charge in [0, 0.05) is 5.56 Å². The van der Waals surface area contributed by atoms with E-state index in [-0.39, 0.29) is 0 Å². The first-order chi connectivity index (χ1) is 11.7. The lowest BCUT2D eigenvalue weighted by Crippen LogP contribution is -1.95. The maximum atomic E-state index is 5.29. The molecule has 0 saturated carbocycles. The molecule has 0 saturated heterocycles. The van der Waals surface area contributed by atoms with Gasteiger partial charge >= 0.3 is 0 Å². The van der Waals surface area contributed by atoms with Crippen LogP contribution in [0.3, 0.4) is 0 Å². The highest BCUT2D eigenvalue weighted by Gasteiger charge is 2.08. The van der Waals surface area contributed by atoms with Gasteiger partial charge in [0.05, 0.1) is 19.6 Å². The van der Waals surface area contributed by atoms with Crippen LogP contribution >= 0.6 is 12.2 Å². The molecule has 6 nitrogen and oxygen atoms in total. The Hall–Kier alpha value is -2.93. The molecule has 0 aliphatic rings. The molecule has 0 bridgehead atoms. The molecule has 0 aliphatic heterocycles. The number of hydrogen-bond donors (Lipinski definition) is 1. The van der Waals surface area contributed by atoms with Gasteiger partial charge in [0.15, 0.2) is 5.82 Å². The number of ether oxygens (including phenoxy) is 1. The second-order valence-corrected chi connectivity index (χ2v) is 5.43. The van der Waals surface area contributed by atoms with E-state index in [0.717, 1.165) is 22.6 Å². The van der Waals surface area contributed by atoms with Gasteiger partial charge in [0.25, 0.3) is 0 Å². The van der Waals surface area contributed by atoms with Crippen molar-refractivity contribution in [2.24, 2.45) is 5.10 Å². The second-order valence-electron chi connectivity index (χ2n) is 5.04. The number of furan rings is 1. The maximum Gasteiger partial charge on any atom is 0.216 e. The highest BCUT2D eigenvalue weighted by atomic mass is 32.1. The standard InChI is InChI=1S/C17H16N4O2S/c1-12(9-15-7-4-8-23-15)11-18-21-16(19-20-17(21)24)13-5-3-6-14(10-13)22-2/h3-11H,1-2H3,(H,20,24)/b12-9+,18-11-. The summed E-state index contributed by atoms with van der Waals surface area (Å²) in [5.74, 6) is 2.12. The molecule has 24 heavy (non-hydrogen) atoms. The quantitative estimate of drug-likeness (QED) is 0.560. The third kappa shape index (κ3) is 3.52. The topological polar surface area (TPSA) is 68.3 Å². The minimum absolute atomic E-state index is 0.412. The van der Waals surface area contributed by atoms with E-state index in [2.05, 4.69) is 15.3 Å². The zero-order chi connectivity index (χ0) is 16.9. The summed E-state index contributed by atoms with van der Waals surface area (Å²) in [5.41, 5.74) is 1.77. The normalized spacial score (nSPS) is 12.0. The second kappa shape index (κ2) is 7.10. The SMILES string of the molecule is COc1cccc(-c2n[nH]c(=S)n2/N=C\C(C)=C\c2ccco2)c1. The van der Waals surface area contributed by atoms with E-state index >= 15 is 0 Å². The van der Waals surface area contributed by atoms with E-state index < -0.39 is 0 Å². The molecule has 2 aromatic heterocycles. The highest BCUT2D eigenvalue weighted by molar-refractivity contribution is 7.71. The van der Waals surface area contributed by atoms with Gasteiger partial charge in [-0.15, -0.1) is 0 Å². The number of methoxy groups -OCH3 is 1. The predicted octanol–water partition coefficient (Wildman–Crippen LogP) is 4.15. The monoisotopic (exact) mass is 340 g/mol. The first-order valence-electron chi connectivity index (χ1n) is 7.25. The number of hydrogen-bond acceptors (Lipinski definition) is 5. The summed E-state index contributed by atoms with van der Waals surface area (Å²) in [6, 6.07) is 11.3. The zero-order valence-corrected chi connectivity index (χ0v) is 14.1. The van der Waals surface area contributed by atoms with Gasteiger partial charge < -0.3 is 9.15 Å². The van der Waals surface area contributed by atoms with E-state index in [9.17, 15) is 0 Å². The molecule has 0 unspecified atom stereocenters. The highest BCUT2D eigenvalue weighted by Crippen LogP contribution is 2.22.